The molecule has 0 aliphatic carbocycles. The van der Waals surface area contributed by atoms with Crippen LogP contribution in [-0.4, -0.2) is 21.2 Å². The van der Waals surface area contributed by atoms with Gasteiger partial charge in [-0.15, -0.1) is 0 Å². The molecular weight excluding hydrogens is 202 g/mol. The monoisotopic (exact) mass is 207 g/mol. The van der Waals surface area contributed by atoms with Gasteiger partial charge in [0.1, 0.15) is 0 Å². The lowest BCUT2D eigenvalue weighted by Crippen LogP contribution is -1.82. The van der Waals surface area contributed by atoms with E-state index in [2.05, 4.69) is 15.0 Å². The Morgan fingerprint density at radius 2 is 2.00 bits per heavy atom. The summed E-state index contributed by atoms with van der Waals surface area (Å²) in [5, 5.41) is 0.208. The molecule has 70 valence electrons. The van der Waals surface area contributed by atoms with Crippen LogP contribution in [0.4, 0.5) is 0 Å². The second kappa shape index (κ2) is 3.59. The van der Waals surface area contributed by atoms with E-state index in [0.717, 1.165) is 17.4 Å². The third-order valence-corrected chi connectivity index (χ3v) is 1.98. The molecule has 0 saturated heterocycles. The zero-order valence-corrected chi connectivity index (χ0v) is 7.82. The highest BCUT2D eigenvalue weighted by Gasteiger charge is 2.01. The minimum atomic E-state index is 0.208. The van der Waals surface area contributed by atoms with Crippen LogP contribution >= 0.6 is 11.6 Å². The van der Waals surface area contributed by atoms with Crippen LogP contribution in [0, 0.1) is 0 Å². The normalized spacial score (nSPS) is 10.1. The third-order valence-electron chi connectivity index (χ3n) is 1.79. The van der Waals surface area contributed by atoms with Crippen LogP contribution < -0.4 is 0 Å². The Morgan fingerprint density at radius 3 is 2.57 bits per heavy atom. The van der Waals surface area contributed by atoms with E-state index in [1.54, 1.807) is 24.7 Å². The minimum absolute atomic E-state index is 0.208. The zero-order valence-electron chi connectivity index (χ0n) is 7.07. The summed E-state index contributed by atoms with van der Waals surface area (Å²) in [6.07, 6.45) is 5.68. The van der Waals surface area contributed by atoms with Crippen LogP contribution in [0.3, 0.4) is 0 Å². The third kappa shape index (κ3) is 1.65. The number of carbonyl (C=O) groups is 1. The van der Waals surface area contributed by atoms with Crippen molar-refractivity contribution in [3.63, 3.8) is 0 Å². The summed E-state index contributed by atoms with van der Waals surface area (Å²) < 4.78 is 0. The first-order valence-corrected chi connectivity index (χ1v) is 4.29. The smallest absolute Gasteiger partial charge is 0.222 e. The van der Waals surface area contributed by atoms with Crippen molar-refractivity contribution < 1.29 is 4.79 Å². The van der Waals surface area contributed by atoms with E-state index in [4.69, 9.17) is 11.6 Å². The first kappa shape index (κ1) is 8.90. The summed E-state index contributed by atoms with van der Waals surface area (Å²) in [4.78, 5) is 20.9. The molecule has 5 heteroatoms. The van der Waals surface area contributed by atoms with Crippen molar-refractivity contribution in [1.82, 2.24) is 15.0 Å². The predicted octanol–water partition coefficient (Wildman–Crippen LogP) is 1.94. The second-order valence-corrected chi connectivity index (χ2v) is 3.04. The highest BCUT2D eigenvalue weighted by atomic mass is 35.5. The standard InChI is InChI=1S/C9H6ClN3O/c10-9-12-3-7(4-13-9)6-1-8(5-14)11-2-6/h1-5,11H. The number of aromatic nitrogens is 3. The van der Waals surface area contributed by atoms with Gasteiger partial charge in [-0.1, -0.05) is 0 Å². The molecule has 0 saturated carbocycles. The van der Waals surface area contributed by atoms with Crippen molar-refractivity contribution in [1.29, 1.82) is 0 Å². The average Bonchev–Trinajstić information content (AvgIpc) is 2.67. The molecule has 0 unspecified atom stereocenters. The number of halogens is 1. The van der Waals surface area contributed by atoms with E-state index < -0.39 is 0 Å². The molecule has 0 atom stereocenters. The fourth-order valence-electron chi connectivity index (χ4n) is 1.11. The predicted molar refractivity (Wildman–Crippen MR) is 52.2 cm³/mol. The maximum atomic E-state index is 10.4. The van der Waals surface area contributed by atoms with Crippen LogP contribution in [0.2, 0.25) is 5.28 Å². The molecule has 2 rings (SSSR count). The highest BCUT2D eigenvalue weighted by Crippen LogP contribution is 2.18. The first-order chi connectivity index (χ1) is 6.79. The Hall–Kier alpha value is -1.68. The average molecular weight is 208 g/mol. The van der Waals surface area contributed by atoms with Crippen LogP contribution in [0.5, 0.6) is 0 Å². The van der Waals surface area contributed by atoms with Crippen LogP contribution in [0.1, 0.15) is 10.5 Å². The SMILES string of the molecule is O=Cc1cc(-c2cnc(Cl)nc2)c[nH]1. The van der Waals surface area contributed by atoms with Gasteiger partial charge >= 0.3 is 0 Å². The molecule has 0 radical (unpaired) electrons. The quantitative estimate of drug-likeness (QED) is 0.605. The molecular formula is C9H6ClN3O. The summed E-state index contributed by atoms with van der Waals surface area (Å²) >= 11 is 5.55. The van der Waals surface area contributed by atoms with Crippen molar-refractivity contribution in [3.05, 3.63) is 35.6 Å². The molecule has 0 aromatic carbocycles. The number of aldehydes is 1. The lowest BCUT2D eigenvalue weighted by Gasteiger charge is -1.94. The fourth-order valence-corrected chi connectivity index (χ4v) is 1.21. The van der Waals surface area contributed by atoms with Crippen molar-refractivity contribution in [2.24, 2.45) is 0 Å². The van der Waals surface area contributed by atoms with Crippen LogP contribution in [-0.2, 0) is 0 Å². The van der Waals surface area contributed by atoms with Gasteiger partial charge in [0.05, 0.1) is 5.69 Å². The molecule has 0 fully saturated rings. The Kier molecular flexibility index (Phi) is 2.28. The molecule has 0 amide bonds. The number of carbonyl (C=O) groups excluding carboxylic acids is 1. The minimum Gasteiger partial charge on any atom is -0.358 e. The molecule has 1 N–H and O–H groups in total. The van der Waals surface area contributed by atoms with Crippen molar-refractivity contribution in [2.45, 2.75) is 0 Å². The Balaban J connectivity index is 2.39. The molecule has 4 nitrogen and oxygen atoms in total. The number of rotatable bonds is 2. The second-order valence-electron chi connectivity index (χ2n) is 2.70. The molecule has 2 heterocycles. The first-order valence-electron chi connectivity index (χ1n) is 3.91. The van der Waals surface area contributed by atoms with Gasteiger partial charge in [-0.25, -0.2) is 9.97 Å². The Bertz CT molecular complexity index is 449. The zero-order chi connectivity index (χ0) is 9.97. The summed E-state index contributed by atoms with van der Waals surface area (Å²) in [5.41, 5.74) is 2.21. The van der Waals surface area contributed by atoms with Crippen molar-refractivity contribution >= 4 is 17.9 Å². The number of hydrogen-bond acceptors (Lipinski definition) is 3. The highest BCUT2D eigenvalue weighted by molar-refractivity contribution is 6.28. The molecule has 0 bridgehead atoms. The van der Waals surface area contributed by atoms with Crippen molar-refractivity contribution in [2.75, 3.05) is 0 Å². The van der Waals surface area contributed by atoms with E-state index in [9.17, 15) is 4.79 Å². The fraction of sp³-hybridized carbons (Fsp3) is 0. The Morgan fingerprint density at radius 1 is 1.29 bits per heavy atom. The lowest BCUT2D eigenvalue weighted by molar-refractivity contribution is 0.111. The number of nitrogens with one attached hydrogen (secondary N) is 1. The molecule has 2 aromatic heterocycles. The summed E-state index contributed by atoms with van der Waals surface area (Å²) in [5.74, 6) is 0. The van der Waals surface area contributed by atoms with Gasteiger partial charge < -0.3 is 4.98 Å². The molecule has 0 spiro atoms. The molecule has 2 aromatic rings. The van der Waals surface area contributed by atoms with Crippen molar-refractivity contribution in [3.8, 4) is 11.1 Å². The number of hydrogen-bond donors (Lipinski definition) is 1. The largest absolute Gasteiger partial charge is 0.358 e. The maximum absolute atomic E-state index is 10.4. The number of H-pyrrole nitrogens is 1. The van der Waals surface area contributed by atoms with Gasteiger partial charge in [-0.3, -0.25) is 4.79 Å². The van der Waals surface area contributed by atoms with E-state index in [-0.39, 0.29) is 5.28 Å². The van der Waals surface area contributed by atoms with Gasteiger partial charge in [0.15, 0.2) is 6.29 Å². The maximum Gasteiger partial charge on any atom is 0.222 e. The topological polar surface area (TPSA) is 58.6 Å². The number of nitrogens with zero attached hydrogens (tertiary/aromatic N) is 2. The van der Waals surface area contributed by atoms with Gasteiger partial charge in [0.2, 0.25) is 5.28 Å². The van der Waals surface area contributed by atoms with Crippen LogP contribution in [0.25, 0.3) is 11.1 Å². The summed E-state index contributed by atoms with van der Waals surface area (Å²) in [6.45, 7) is 0. The van der Waals surface area contributed by atoms with Gasteiger partial charge in [0, 0.05) is 29.7 Å². The van der Waals surface area contributed by atoms with Crippen LogP contribution in [0.15, 0.2) is 24.7 Å². The van der Waals surface area contributed by atoms with E-state index in [1.165, 1.54) is 0 Å². The molecule has 14 heavy (non-hydrogen) atoms. The molecule has 0 aliphatic heterocycles. The lowest BCUT2D eigenvalue weighted by atomic mass is 10.2. The summed E-state index contributed by atoms with van der Waals surface area (Å²) in [7, 11) is 0. The number of aromatic amines is 1. The van der Waals surface area contributed by atoms with E-state index in [1.807, 2.05) is 0 Å². The Labute approximate surface area is 85.0 Å². The van der Waals surface area contributed by atoms with E-state index >= 15 is 0 Å². The van der Waals surface area contributed by atoms with E-state index in [0.29, 0.717) is 5.69 Å². The molecule has 0 aliphatic rings. The van der Waals surface area contributed by atoms with Gasteiger partial charge in [0.25, 0.3) is 0 Å². The van der Waals surface area contributed by atoms with Gasteiger partial charge in [-0.05, 0) is 17.7 Å². The van der Waals surface area contributed by atoms with Gasteiger partial charge in [-0.2, -0.15) is 0 Å². The summed E-state index contributed by atoms with van der Waals surface area (Å²) in [6, 6.07) is 1.72.